The first-order valence-corrected chi connectivity index (χ1v) is 6.23. The Labute approximate surface area is 111 Å². The fourth-order valence-electron chi connectivity index (χ4n) is 2.12. The summed E-state index contributed by atoms with van der Waals surface area (Å²) in [6.45, 7) is 1.38. The minimum atomic E-state index is -0.0550. The van der Waals surface area contributed by atoms with E-state index in [9.17, 15) is 4.79 Å². The molecule has 2 rings (SSSR count). The van der Waals surface area contributed by atoms with E-state index in [0.29, 0.717) is 18.7 Å². The summed E-state index contributed by atoms with van der Waals surface area (Å²) in [5.41, 5.74) is 6.07. The number of carbonyl (C=O) groups excluding carboxylic acids is 1. The molecule has 6 heteroatoms. The lowest BCUT2D eigenvalue weighted by Crippen LogP contribution is -2.40. The van der Waals surface area contributed by atoms with Gasteiger partial charge in [0, 0.05) is 25.8 Å². The molecule has 0 bridgehead atoms. The Morgan fingerprint density at radius 3 is 2.72 bits per heavy atom. The Morgan fingerprint density at radius 1 is 1.50 bits per heavy atom. The maximum Gasteiger partial charge on any atom is 0.254 e. The number of halogens is 1. The monoisotopic (exact) mass is 269 g/mol. The maximum atomic E-state index is 12.2. The smallest absolute Gasteiger partial charge is 0.254 e. The van der Waals surface area contributed by atoms with E-state index in [4.69, 9.17) is 22.1 Å². The molecule has 1 amide bonds. The summed E-state index contributed by atoms with van der Waals surface area (Å²) in [6.07, 6.45) is 1.97. The van der Waals surface area contributed by atoms with E-state index in [1.54, 1.807) is 24.1 Å². The molecule has 98 valence electrons. The molecule has 0 aliphatic carbocycles. The van der Waals surface area contributed by atoms with Crippen molar-refractivity contribution in [2.45, 2.75) is 18.9 Å². The number of nitrogen functional groups attached to an aromatic ring is 1. The number of piperidine rings is 1. The lowest BCUT2D eigenvalue weighted by Gasteiger charge is -2.31. The molecular weight excluding hydrogens is 254 g/mol. The summed E-state index contributed by atoms with van der Waals surface area (Å²) >= 11 is 5.80. The molecule has 0 unspecified atom stereocenters. The Morgan fingerprint density at radius 2 is 2.17 bits per heavy atom. The van der Waals surface area contributed by atoms with E-state index in [-0.39, 0.29) is 23.0 Å². The van der Waals surface area contributed by atoms with Crippen molar-refractivity contribution >= 4 is 23.3 Å². The van der Waals surface area contributed by atoms with Crippen molar-refractivity contribution in [3.8, 4) is 0 Å². The van der Waals surface area contributed by atoms with Crippen LogP contribution in [0.4, 0.5) is 5.82 Å². The van der Waals surface area contributed by atoms with Gasteiger partial charge in [-0.15, -0.1) is 0 Å². The van der Waals surface area contributed by atoms with Crippen LogP contribution in [0.15, 0.2) is 12.1 Å². The molecule has 1 saturated heterocycles. The molecule has 1 aliphatic rings. The van der Waals surface area contributed by atoms with Crippen molar-refractivity contribution in [3.63, 3.8) is 0 Å². The molecule has 0 atom stereocenters. The predicted molar refractivity (Wildman–Crippen MR) is 69.6 cm³/mol. The van der Waals surface area contributed by atoms with Gasteiger partial charge >= 0.3 is 0 Å². The lowest BCUT2D eigenvalue weighted by molar-refractivity contribution is 0.0351. The molecule has 0 aromatic carbocycles. The number of pyridine rings is 1. The van der Waals surface area contributed by atoms with Gasteiger partial charge in [-0.25, -0.2) is 4.98 Å². The third-order valence-electron chi connectivity index (χ3n) is 3.12. The summed E-state index contributed by atoms with van der Waals surface area (Å²) < 4.78 is 5.27. The number of rotatable bonds is 2. The fraction of sp³-hybridized carbons (Fsp3) is 0.500. The Balaban J connectivity index is 2.07. The standard InChI is InChI=1S/C12H16ClN3O2/c1-18-9-2-4-16(5-3-9)12(17)8-6-10(13)15-11(14)7-8/h6-7,9H,2-5H2,1H3,(H2,14,15). The highest BCUT2D eigenvalue weighted by Gasteiger charge is 2.23. The molecule has 1 aromatic rings. The number of nitrogens with two attached hydrogens (primary N) is 1. The van der Waals surface area contributed by atoms with Gasteiger partial charge in [-0.3, -0.25) is 4.79 Å². The zero-order valence-electron chi connectivity index (χ0n) is 10.2. The second-order valence-electron chi connectivity index (χ2n) is 4.33. The molecule has 18 heavy (non-hydrogen) atoms. The zero-order chi connectivity index (χ0) is 13.1. The van der Waals surface area contributed by atoms with Crippen molar-refractivity contribution in [2.75, 3.05) is 25.9 Å². The first kappa shape index (κ1) is 13.1. The average molecular weight is 270 g/mol. The lowest BCUT2D eigenvalue weighted by atomic mass is 10.1. The molecule has 0 saturated carbocycles. The number of aromatic nitrogens is 1. The molecule has 0 spiro atoms. The molecule has 2 heterocycles. The molecule has 1 aromatic heterocycles. The summed E-state index contributed by atoms with van der Waals surface area (Å²) in [5.74, 6) is 0.207. The Kier molecular flexibility index (Phi) is 4.04. The fourth-order valence-corrected chi connectivity index (χ4v) is 2.33. The topological polar surface area (TPSA) is 68.5 Å². The number of amides is 1. The SMILES string of the molecule is COC1CCN(C(=O)c2cc(N)nc(Cl)c2)CC1. The van der Waals surface area contributed by atoms with Crippen LogP contribution in [0.5, 0.6) is 0 Å². The predicted octanol–water partition coefficient (Wildman–Crippen LogP) is 1.57. The number of ether oxygens (including phenoxy) is 1. The van der Waals surface area contributed by atoms with Crippen molar-refractivity contribution in [3.05, 3.63) is 22.8 Å². The summed E-state index contributed by atoms with van der Waals surface area (Å²) in [6, 6.07) is 3.10. The van der Waals surface area contributed by atoms with Crippen LogP contribution in [0, 0.1) is 0 Å². The maximum absolute atomic E-state index is 12.2. The normalized spacial score (nSPS) is 16.9. The quantitative estimate of drug-likeness (QED) is 0.828. The number of hydrogen-bond donors (Lipinski definition) is 1. The molecular formula is C12H16ClN3O2. The number of methoxy groups -OCH3 is 1. The molecule has 1 fully saturated rings. The summed E-state index contributed by atoms with van der Waals surface area (Å²) in [7, 11) is 1.70. The van der Waals surface area contributed by atoms with Crippen LogP contribution in [0.3, 0.4) is 0 Å². The third kappa shape index (κ3) is 2.91. The number of anilines is 1. The van der Waals surface area contributed by atoms with Gasteiger partial charge in [-0.1, -0.05) is 11.6 Å². The van der Waals surface area contributed by atoms with Gasteiger partial charge in [0.1, 0.15) is 11.0 Å². The van der Waals surface area contributed by atoms with Crippen LogP contribution in [0.25, 0.3) is 0 Å². The van der Waals surface area contributed by atoms with Crippen LogP contribution in [0.2, 0.25) is 5.15 Å². The van der Waals surface area contributed by atoms with E-state index in [0.717, 1.165) is 12.8 Å². The Bertz CT molecular complexity index is 425. The first-order valence-electron chi connectivity index (χ1n) is 5.85. The van der Waals surface area contributed by atoms with Gasteiger partial charge in [-0.05, 0) is 25.0 Å². The van der Waals surface area contributed by atoms with E-state index < -0.39 is 0 Å². The van der Waals surface area contributed by atoms with Crippen LogP contribution in [-0.4, -0.2) is 42.1 Å². The summed E-state index contributed by atoms with van der Waals surface area (Å²) in [4.78, 5) is 17.9. The minimum absolute atomic E-state index is 0.0550. The van der Waals surface area contributed by atoms with Gasteiger partial charge < -0.3 is 15.4 Å². The van der Waals surface area contributed by atoms with Crippen LogP contribution in [-0.2, 0) is 4.74 Å². The average Bonchev–Trinajstić information content (AvgIpc) is 2.37. The van der Waals surface area contributed by atoms with Crippen LogP contribution < -0.4 is 5.73 Å². The number of hydrogen-bond acceptors (Lipinski definition) is 4. The van der Waals surface area contributed by atoms with Crippen molar-refractivity contribution in [1.29, 1.82) is 0 Å². The molecule has 5 nitrogen and oxygen atoms in total. The number of likely N-dealkylation sites (tertiary alicyclic amines) is 1. The van der Waals surface area contributed by atoms with Gasteiger partial charge in [0.2, 0.25) is 0 Å². The zero-order valence-corrected chi connectivity index (χ0v) is 11.0. The van der Waals surface area contributed by atoms with Gasteiger partial charge in [-0.2, -0.15) is 0 Å². The first-order chi connectivity index (χ1) is 8.60. The summed E-state index contributed by atoms with van der Waals surface area (Å²) in [5, 5.41) is 0.241. The number of nitrogens with zero attached hydrogens (tertiary/aromatic N) is 2. The molecule has 2 N–H and O–H groups in total. The van der Waals surface area contributed by atoms with Gasteiger partial charge in [0.05, 0.1) is 6.10 Å². The van der Waals surface area contributed by atoms with E-state index in [1.165, 1.54) is 0 Å². The van der Waals surface area contributed by atoms with Crippen LogP contribution >= 0.6 is 11.6 Å². The second kappa shape index (κ2) is 5.54. The van der Waals surface area contributed by atoms with Crippen molar-refractivity contribution in [1.82, 2.24) is 9.88 Å². The minimum Gasteiger partial charge on any atom is -0.384 e. The number of carbonyl (C=O) groups is 1. The van der Waals surface area contributed by atoms with E-state index in [2.05, 4.69) is 4.98 Å². The third-order valence-corrected chi connectivity index (χ3v) is 3.32. The Hall–Kier alpha value is -1.33. The molecule has 1 aliphatic heterocycles. The highest BCUT2D eigenvalue weighted by atomic mass is 35.5. The van der Waals surface area contributed by atoms with E-state index >= 15 is 0 Å². The molecule has 0 radical (unpaired) electrons. The van der Waals surface area contributed by atoms with Crippen molar-refractivity contribution < 1.29 is 9.53 Å². The van der Waals surface area contributed by atoms with Crippen LogP contribution in [0.1, 0.15) is 23.2 Å². The second-order valence-corrected chi connectivity index (χ2v) is 4.72. The van der Waals surface area contributed by atoms with Gasteiger partial charge in [0.25, 0.3) is 5.91 Å². The largest absolute Gasteiger partial charge is 0.384 e. The van der Waals surface area contributed by atoms with Gasteiger partial charge in [0.15, 0.2) is 0 Å². The van der Waals surface area contributed by atoms with Crippen molar-refractivity contribution in [2.24, 2.45) is 0 Å². The highest BCUT2D eigenvalue weighted by molar-refractivity contribution is 6.29. The van der Waals surface area contributed by atoms with E-state index in [1.807, 2.05) is 0 Å². The highest BCUT2D eigenvalue weighted by Crippen LogP contribution is 2.18.